The second-order valence-electron chi connectivity index (χ2n) is 6.61. The van der Waals surface area contributed by atoms with Crippen molar-refractivity contribution in [2.75, 3.05) is 18.6 Å². The van der Waals surface area contributed by atoms with Gasteiger partial charge in [0, 0.05) is 12.2 Å². The van der Waals surface area contributed by atoms with Crippen LogP contribution < -0.4 is 9.64 Å². The summed E-state index contributed by atoms with van der Waals surface area (Å²) in [4.78, 5) is 33.0. The van der Waals surface area contributed by atoms with Crippen LogP contribution in [0.1, 0.15) is 22.3 Å². The van der Waals surface area contributed by atoms with Crippen LogP contribution in [0.5, 0.6) is 11.6 Å². The van der Waals surface area contributed by atoms with Gasteiger partial charge in [0.25, 0.3) is 0 Å². The summed E-state index contributed by atoms with van der Waals surface area (Å²) in [6.45, 7) is 0.599. The first-order chi connectivity index (χ1) is 14.6. The van der Waals surface area contributed by atoms with Gasteiger partial charge in [-0.05, 0) is 48.7 Å². The third-order valence-electron chi connectivity index (χ3n) is 4.81. The van der Waals surface area contributed by atoms with E-state index in [9.17, 15) is 14.9 Å². The van der Waals surface area contributed by atoms with Gasteiger partial charge >= 0.3 is 17.5 Å². The minimum Gasteiger partial charge on any atom is -0.465 e. The molecule has 0 fully saturated rings. The number of methoxy groups -OCH3 is 1. The molecule has 152 valence electrons. The Hall–Kier alpha value is -4.01. The lowest BCUT2D eigenvalue weighted by Gasteiger charge is -2.29. The molecule has 0 saturated carbocycles. The van der Waals surface area contributed by atoms with Crippen molar-refractivity contribution in [3.8, 4) is 11.6 Å². The first kappa shape index (κ1) is 19.3. The topological polar surface area (TPSA) is 108 Å². The lowest BCUT2D eigenvalue weighted by Crippen LogP contribution is -2.26. The number of carbonyl (C=O) groups excluding carboxylic acids is 1. The number of benzene rings is 2. The van der Waals surface area contributed by atoms with Crippen LogP contribution in [0.4, 0.5) is 17.2 Å². The van der Waals surface area contributed by atoms with Gasteiger partial charge in [-0.3, -0.25) is 10.1 Å². The van der Waals surface area contributed by atoms with Crippen LogP contribution in [0.15, 0.2) is 54.9 Å². The summed E-state index contributed by atoms with van der Waals surface area (Å²) in [5.74, 6) is -0.169. The zero-order valence-electron chi connectivity index (χ0n) is 16.1. The minimum atomic E-state index is -0.537. The molecule has 0 bridgehead atoms. The smallest absolute Gasteiger partial charge is 0.373 e. The molecule has 0 saturated heterocycles. The summed E-state index contributed by atoms with van der Waals surface area (Å²) in [6.07, 6.45) is 3.00. The number of anilines is 2. The molecule has 1 aliphatic heterocycles. The van der Waals surface area contributed by atoms with Crippen molar-refractivity contribution in [3.05, 3.63) is 76.1 Å². The van der Waals surface area contributed by atoms with E-state index < -0.39 is 10.9 Å². The van der Waals surface area contributed by atoms with Gasteiger partial charge in [-0.2, -0.15) is 4.98 Å². The molecule has 3 aromatic rings. The molecule has 0 N–H and O–H groups in total. The number of fused-ring (bicyclic) bond motifs is 1. The molecule has 30 heavy (non-hydrogen) atoms. The Morgan fingerprint density at radius 1 is 1.13 bits per heavy atom. The highest BCUT2D eigenvalue weighted by molar-refractivity contribution is 5.89. The zero-order chi connectivity index (χ0) is 21.1. The fourth-order valence-corrected chi connectivity index (χ4v) is 3.43. The maximum atomic E-state index is 11.9. The van der Waals surface area contributed by atoms with Gasteiger partial charge < -0.3 is 14.4 Å². The van der Waals surface area contributed by atoms with E-state index in [0.29, 0.717) is 17.9 Å². The van der Waals surface area contributed by atoms with E-state index in [0.717, 1.165) is 24.1 Å². The van der Waals surface area contributed by atoms with Crippen LogP contribution >= 0.6 is 0 Å². The van der Waals surface area contributed by atoms with Gasteiger partial charge in [-0.15, -0.1) is 0 Å². The number of rotatable bonds is 5. The number of carbonyl (C=O) groups is 1. The fraction of sp³-hybridized carbons (Fsp3) is 0.190. The van der Waals surface area contributed by atoms with E-state index >= 15 is 0 Å². The maximum Gasteiger partial charge on any atom is 0.373 e. The highest BCUT2D eigenvalue weighted by Crippen LogP contribution is 2.41. The summed E-state index contributed by atoms with van der Waals surface area (Å²) in [5.41, 5.74) is 2.02. The molecule has 0 amide bonds. The van der Waals surface area contributed by atoms with Crippen LogP contribution in [0.3, 0.4) is 0 Å². The third-order valence-corrected chi connectivity index (χ3v) is 4.81. The molecule has 0 spiro atoms. The number of aromatic nitrogens is 2. The van der Waals surface area contributed by atoms with Gasteiger partial charge in [0.2, 0.25) is 5.82 Å². The quantitative estimate of drug-likeness (QED) is 0.355. The van der Waals surface area contributed by atoms with Crippen molar-refractivity contribution in [2.45, 2.75) is 12.8 Å². The summed E-state index contributed by atoms with van der Waals surface area (Å²) in [5, 5.41) is 11.9. The summed E-state index contributed by atoms with van der Waals surface area (Å²) in [7, 11) is 1.29. The Balaban J connectivity index is 1.71. The standard InChI is InChI=1S/C21H18N4O5/c1-29-21(26)15-8-10-16(11-9-15)30-20-18(25(27)28)19(22-13-23-20)24-12-4-6-14-5-2-3-7-17(14)24/h2-3,5,7-11,13H,4,6,12H2,1H3. The molecule has 2 heterocycles. The Morgan fingerprint density at radius 2 is 1.90 bits per heavy atom. The second-order valence-corrected chi connectivity index (χ2v) is 6.61. The van der Waals surface area contributed by atoms with E-state index in [1.165, 1.54) is 37.7 Å². The van der Waals surface area contributed by atoms with Crippen LogP contribution in [0.25, 0.3) is 0 Å². The Labute approximate surface area is 172 Å². The van der Waals surface area contributed by atoms with E-state index in [-0.39, 0.29) is 17.4 Å². The van der Waals surface area contributed by atoms with Crippen LogP contribution in [0.2, 0.25) is 0 Å². The zero-order valence-corrected chi connectivity index (χ0v) is 16.1. The largest absolute Gasteiger partial charge is 0.465 e. The number of hydrogen-bond donors (Lipinski definition) is 0. The van der Waals surface area contributed by atoms with Crippen molar-refractivity contribution < 1.29 is 19.2 Å². The highest BCUT2D eigenvalue weighted by atomic mass is 16.6. The lowest BCUT2D eigenvalue weighted by atomic mass is 10.0. The Kier molecular flexibility index (Phi) is 5.25. The summed E-state index contributed by atoms with van der Waals surface area (Å²) in [6, 6.07) is 13.8. The summed E-state index contributed by atoms with van der Waals surface area (Å²) >= 11 is 0. The Morgan fingerprint density at radius 3 is 2.63 bits per heavy atom. The number of nitro groups is 1. The van der Waals surface area contributed by atoms with Crippen LogP contribution in [-0.4, -0.2) is 34.5 Å². The van der Waals surface area contributed by atoms with E-state index in [1.54, 1.807) is 0 Å². The predicted molar refractivity (Wildman–Crippen MR) is 108 cm³/mol. The average molecular weight is 406 g/mol. The van der Waals surface area contributed by atoms with Crippen molar-refractivity contribution in [1.29, 1.82) is 0 Å². The number of aryl methyl sites for hydroxylation is 1. The summed E-state index contributed by atoms with van der Waals surface area (Å²) < 4.78 is 10.3. The molecule has 0 unspecified atom stereocenters. The molecule has 1 aromatic heterocycles. The fourth-order valence-electron chi connectivity index (χ4n) is 3.43. The van der Waals surface area contributed by atoms with E-state index in [4.69, 9.17) is 4.74 Å². The number of hydrogen-bond acceptors (Lipinski definition) is 8. The molecule has 4 rings (SSSR count). The van der Waals surface area contributed by atoms with Gasteiger partial charge in [-0.1, -0.05) is 18.2 Å². The van der Waals surface area contributed by atoms with E-state index in [1.807, 2.05) is 29.2 Å². The molecule has 9 nitrogen and oxygen atoms in total. The highest BCUT2D eigenvalue weighted by Gasteiger charge is 2.31. The van der Waals surface area contributed by atoms with E-state index in [2.05, 4.69) is 14.7 Å². The molecule has 1 aliphatic rings. The maximum absolute atomic E-state index is 11.9. The molecule has 0 radical (unpaired) electrons. The average Bonchev–Trinajstić information content (AvgIpc) is 2.78. The molecular weight excluding hydrogens is 388 g/mol. The third kappa shape index (κ3) is 3.64. The van der Waals surface area contributed by atoms with Crippen molar-refractivity contribution >= 4 is 23.2 Å². The van der Waals surface area contributed by atoms with Crippen LogP contribution in [-0.2, 0) is 11.2 Å². The van der Waals surface area contributed by atoms with Crippen LogP contribution in [0, 0.1) is 10.1 Å². The number of esters is 1. The SMILES string of the molecule is COC(=O)c1ccc(Oc2ncnc(N3CCCc4ccccc43)c2[N+](=O)[O-])cc1. The second kappa shape index (κ2) is 8.16. The van der Waals surface area contributed by atoms with Crippen molar-refractivity contribution in [1.82, 2.24) is 9.97 Å². The predicted octanol–water partition coefficient (Wildman–Crippen LogP) is 4.05. The van der Waals surface area contributed by atoms with Gasteiger partial charge in [0.15, 0.2) is 0 Å². The Bertz CT molecular complexity index is 1100. The first-order valence-corrected chi connectivity index (χ1v) is 9.29. The number of nitrogens with zero attached hydrogens (tertiary/aromatic N) is 4. The monoisotopic (exact) mass is 406 g/mol. The molecule has 9 heteroatoms. The van der Waals surface area contributed by atoms with Crippen molar-refractivity contribution in [2.24, 2.45) is 0 Å². The van der Waals surface area contributed by atoms with Gasteiger partial charge in [-0.25, -0.2) is 9.78 Å². The first-order valence-electron chi connectivity index (χ1n) is 9.29. The minimum absolute atomic E-state index is 0.168. The van der Waals surface area contributed by atoms with Gasteiger partial charge in [0.05, 0.1) is 17.6 Å². The normalized spacial score (nSPS) is 12.8. The molecule has 0 aliphatic carbocycles. The lowest BCUT2D eigenvalue weighted by molar-refractivity contribution is -0.385. The number of ether oxygens (including phenoxy) is 2. The molecule has 0 atom stereocenters. The van der Waals surface area contributed by atoms with Gasteiger partial charge in [0.1, 0.15) is 12.1 Å². The van der Waals surface area contributed by atoms with Crippen molar-refractivity contribution in [3.63, 3.8) is 0 Å². The molecular formula is C21H18N4O5. The molecule has 2 aromatic carbocycles. The number of para-hydroxylation sites is 1.